The second-order valence-electron chi connectivity index (χ2n) is 10.8. The average molecular weight is 591 g/mol. The third-order valence-corrected chi connectivity index (χ3v) is 7.69. The van der Waals surface area contributed by atoms with Gasteiger partial charge in [-0.25, -0.2) is 8.42 Å². The molecule has 0 radical (unpaired) electrons. The third-order valence-electron chi connectivity index (χ3n) is 7.08. The molecule has 2 heterocycles. The largest absolute Gasteiger partial charge is 0.490 e. The number of carbonyl (C=O) groups is 2. The van der Waals surface area contributed by atoms with E-state index in [0.29, 0.717) is 24.5 Å². The minimum atomic E-state index is -3.58. The summed E-state index contributed by atoms with van der Waals surface area (Å²) in [4.78, 5) is 34.2. The van der Waals surface area contributed by atoms with Crippen LogP contribution in [0.1, 0.15) is 60.7 Å². The lowest BCUT2D eigenvalue weighted by atomic mass is 10.0. The fraction of sp³-hybridized carbons (Fsp3) is 0.552. The van der Waals surface area contributed by atoms with Crippen LogP contribution < -0.4 is 9.46 Å². The third kappa shape index (κ3) is 9.40. The number of carbonyl (C=O) groups excluding carboxylic acids is 2. The number of ether oxygens (including phenoxy) is 2. The summed E-state index contributed by atoms with van der Waals surface area (Å²) in [5, 5.41) is 10.1. The van der Waals surface area contributed by atoms with Crippen molar-refractivity contribution in [3.05, 3.63) is 53.9 Å². The van der Waals surface area contributed by atoms with Gasteiger partial charge < -0.3 is 24.4 Å². The van der Waals surface area contributed by atoms with E-state index in [2.05, 4.69) is 9.71 Å². The van der Waals surface area contributed by atoms with E-state index >= 15 is 0 Å². The van der Waals surface area contributed by atoms with Crippen molar-refractivity contribution in [1.29, 1.82) is 0 Å². The van der Waals surface area contributed by atoms with Gasteiger partial charge in [0.05, 0.1) is 36.7 Å². The van der Waals surface area contributed by atoms with Gasteiger partial charge in [-0.15, -0.1) is 0 Å². The predicted molar refractivity (Wildman–Crippen MR) is 157 cm³/mol. The van der Waals surface area contributed by atoms with Crippen molar-refractivity contribution in [2.24, 2.45) is 5.92 Å². The topological polar surface area (TPSA) is 138 Å². The fourth-order valence-corrected chi connectivity index (χ4v) is 5.29. The van der Waals surface area contributed by atoms with Crippen LogP contribution in [0.5, 0.6) is 5.75 Å². The molecule has 11 nitrogen and oxygen atoms in total. The van der Waals surface area contributed by atoms with Crippen molar-refractivity contribution >= 4 is 27.5 Å². The van der Waals surface area contributed by atoms with Gasteiger partial charge in [-0.3, -0.25) is 19.3 Å². The molecule has 2 amide bonds. The molecule has 4 atom stereocenters. The van der Waals surface area contributed by atoms with E-state index in [1.54, 1.807) is 60.4 Å². The number of anilines is 1. The first-order chi connectivity index (χ1) is 19.4. The number of nitrogens with one attached hydrogen (secondary N) is 1. The maximum Gasteiger partial charge on any atom is 0.258 e. The van der Waals surface area contributed by atoms with Crippen LogP contribution in [0.2, 0.25) is 0 Å². The highest BCUT2D eigenvalue weighted by molar-refractivity contribution is 7.92. The second-order valence-corrected chi connectivity index (χ2v) is 12.6. The zero-order chi connectivity index (χ0) is 30.2. The minimum Gasteiger partial charge on any atom is -0.490 e. The smallest absolute Gasteiger partial charge is 0.258 e. The van der Waals surface area contributed by atoms with Gasteiger partial charge >= 0.3 is 0 Å². The van der Waals surface area contributed by atoms with Gasteiger partial charge in [-0.2, -0.15) is 0 Å². The summed E-state index contributed by atoms with van der Waals surface area (Å²) >= 11 is 0. The summed E-state index contributed by atoms with van der Waals surface area (Å²) in [6.07, 6.45) is 5.93. The second kappa shape index (κ2) is 14.6. The number of sulfonamides is 1. The lowest BCUT2D eigenvalue weighted by Gasteiger charge is -2.36. The normalized spacial score (nSPS) is 21.7. The summed E-state index contributed by atoms with van der Waals surface area (Å²) in [5.41, 5.74) is 0.947. The van der Waals surface area contributed by atoms with Crippen molar-refractivity contribution in [2.45, 2.75) is 58.3 Å². The number of nitrogens with zero attached hydrogens (tertiary/aromatic N) is 3. The van der Waals surface area contributed by atoms with Crippen molar-refractivity contribution in [1.82, 2.24) is 14.8 Å². The molecule has 1 aromatic carbocycles. The summed E-state index contributed by atoms with van der Waals surface area (Å²) in [7, 11) is -1.86. The van der Waals surface area contributed by atoms with E-state index in [4.69, 9.17) is 9.47 Å². The van der Waals surface area contributed by atoms with Gasteiger partial charge in [0.2, 0.25) is 10.0 Å². The van der Waals surface area contributed by atoms with Crippen LogP contribution in [-0.2, 0) is 14.8 Å². The van der Waals surface area contributed by atoms with Gasteiger partial charge in [0.15, 0.2) is 0 Å². The molecule has 0 saturated carbocycles. The number of aliphatic hydroxyl groups is 1. The maximum absolute atomic E-state index is 14.0. The van der Waals surface area contributed by atoms with E-state index in [-0.39, 0.29) is 48.4 Å². The molecule has 0 saturated heterocycles. The molecule has 1 aliphatic rings. The SMILES string of the molecule is C[C@@H]1CCCCO[C@H](CN(C)C(=O)c2ccncc2)[C@H](C)CN([C@H](C)CO)C(=O)c2cc(NS(C)(=O)=O)ccc2O1. The number of amides is 2. The lowest BCUT2D eigenvalue weighted by Crippen LogP contribution is -2.48. The van der Waals surface area contributed by atoms with Crippen LogP contribution in [0.25, 0.3) is 0 Å². The van der Waals surface area contributed by atoms with E-state index in [1.165, 1.54) is 6.07 Å². The molecule has 1 aromatic heterocycles. The van der Waals surface area contributed by atoms with Gasteiger partial charge in [0.1, 0.15) is 5.75 Å². The molecule has 12 heteroatoms. The Balaban J connectivity index is 1.95. The molecule has 0 aliphatic carbocycles. The zero-order valence-corrected chi connectivity index (χ0v) is 25.3. The van der Waals surface area contributed by atoms with Crippen molar-refractivity contribution in [3.8, 4) is 5.75 Å². The molecule has 3 rings (SSSR count). The standard InChI is InChI=1S/C29H42N4O7S/c1-20-17-33(21(2)19-34)29(36)25-16-24(31-41(5,37)38)9-10-26(25)40-22(3)8-6-7-15-39-27(20)18-32(4)28(35)23-11-13-30-14-12-23/h9-14,16,20-22,27,31,34H,6-8,15,17-19H2,1-5H3/t20-,21-,22-,27-/m1/s1. The highest BCUT2D eigenvalue weighted by atomic mass is 32.2. The molecule has 2 aromatic rings. The highest BCUT2D eigenvalue weighted by Gasteiger charge is 2.31. The van der Waals surface area contributed by atoms with E-state index in [9.17, 15) is 23.1 Å². The molecule has 0 unspecified atom stereocenters. The molecule has 226 valence electrons. The number of fused-ring (bicyclic) bond motifs is 1. The Morgan fingerprint density at radius 1 is 1.22 bits per heavy atom. The van der Waals surface area contributed by atoms with E-state index in [1.807, 2.05) is 13.8 Å². The predicted octanol–water partition coefficient (Wildman–Crippen LogP) is 3.02. The molecular formula is C29H42N4O7S. The van der Waals surface area contributed by atoms with Crippen molar-refractivity contribution < 1.29 is 32.6 Å². The molecular weight excluding hydrogens is 548 g/mol. The van der Waals surface area contributed by atoms with E-state index in [0.717, 1.165) is 25.5 Å². The summed E-state index contributed by atoms with van der Waals surface area (Å²) in [6, 6.07) is 7.40. The van der Waals surface area contributed by atoms with Crippen LogP contribution in [0.15, 0.2) is 42.7 Å². The Bertz CT molecular complexity index is 1280. The molecule has 0 fully saturated rings. The summed E-state index contributed by atoms with van der Waals surface area (Å²) in [5.74, 6) is -0.444. The number of pyridine rings is 1. The fourth-order valence-electron chi connectivity index (χ4n) is 4.73. The van der Waals surface area contributed by atoms with Crippen molar-refractivity contribution in [3.63, 3.8) is 0 Å². The number of rotatable bonds is 7. The molecule has 1 aliphatic heterocycles. The Morgan fingerprint density at radius 2 is 1.93 bits per heavy atom. The highest BCUT2D eigenvalue weighted by Crippen LogP contribution is 2.29. The van der Waals surface area contributed by atoms with Crippen LogP contribution in [0, 0.1) is 5.92 Å². The van der Waals surface area contributed by atoms with Gasteiger partial charge in [0.25, 0.3) is 11.8 Å². The number of aromatic nitrogens is 1. The number of hydrogen-bond acceptors (Lipinski definition) is 8. The first kappa shape index (κ1) is 32.3. The van der Waals surface area contributed by atoms with Crippen molar-refractivity contribution in [2.75, 3.05) is 44.3 Å². The quantitative estimate of drug-likeness (QED) is 0.502. The molecule has 0 spiro atoms. The molecule has 2 N–H and O–H groups in total. The molecule has 41 heavy (non-hydrogen) atoms. The van der Waals surface area contributed by atoms with Gasteiger partial charge in [0, 0.05) is 56.3 Å². The number of hydrogen-bond donors (Lipinski definition) is 2. The van der Waals surface area contributed by atoms with Gasteiger partial charge in [-0.05, 0) is 63.4 Å². The maximum atomic E-state index is 14.0. The minimum absolute atomic E-state index is 0.162. The number of aliphatic hydroxyl groups excluding tert-OH is 1. The lowest BCUT2D eigenvalue weighted by molar-refractivity contribution is -0.0149. The average Bonchev–Trinajstić information content (AvgIpc) is 2.93. The van der Waals surface area contributed by atoms with Crippen LogP contribution in [-0.4, -0.2) is 98.0 Å². The molecule has 0 bridgehead atoms. The van der Waals surface area contributed by atoms with Crippen LogP contribution >= 0.6 is 0 Å². The van der Waals surface area contributed by atoms with E-state index < -0.39 is 22.0 Å². The Labute approximate surface area is 242 Å². The first-order valence-corrected chi connectivity index (χ1v) is 15.8. The number of likely N-dealkylation sites (N-methyl/N-ethyl adjacent to an activating group) is 1. The summed E-state index contributed by atoms with van der Waals surface area (Å²) < 4.78 is 38.7. The zero-order valence-electron chi connectivity index (χ0n) is 24.4. The Hall–Kier alpha value is -3.22. The Kier molecular flexibility index (Phi) is 11.5. The van der Waals surface area contributed by atoms with Crippen LogP contribution in [0.3, 0.4) is 0 Å². The number of benzene rings is 1. The monoisotopic (exact) mass is 590 g/mol. The summed E-state index contributed by atoms with van der Waals surface area (Å²) in [6.45, 7) is 6.34. The first-order valence-electron chi connectivity index (χ1n) is 13.9. The van der Waals surface area contributed by atoms with Gasteiger partial charge in [-0.1, -0.05) is 6.92 Å². The van der Waals surface area contributed by atoms with Crippen LogP contribution in [0.4, 0.5) is 5.69 Å². The Morgan fingerprint density at radius 3 is 2.59 bits per heavy atom.